The van der Waals surface area contributed by atoms with E-state index in [1.165, 1.54) is 0 Å². The maximum atomic E-state index is 12.4. The van der Waals surface area contributed by atoms with Gasteiger partial charge < -0.3 is 5.32 Å². The molecule has 120 valence electrons. The first kappa shape index (κ1) is 16.9. The molecule has 6 heteroatoms. The van der Waals surface area contributed by atoms with Gasteiger partial charge in [-0.25, -0.2) is 0 Å². The molecule has 23 heavy (non-hydrogen) atoms. The summed E-state index contributed by atoms with van der Waals surface area (Å²) in [6.07, 6.45) is 1.88. The zero-order chi connectivity index (χ0) is 16.6. The molecule has 2 aromatic carbocycles. The van der Waals surface area contributed by atoms with Crippen LogP contribution < -0.4 is 5.32 Å². The second-order valence-electron chi connectivity index (χ2n) is 5.55. The van der Waals surface area contributed by atoms with Gasteiger partial charge in [0.25, 0.3) is 5.91 Å². The lowest BCUT2D eigenvalue weighted by atomic mass is 9.75. The third-order valence-electron chi connectivity index (χ3n) is 4.13. The highest BCUT2D eigenvalue weighted by molar-refractivity contribution is 6.37. The predicted octanol–water partition coefficient (Wildman–Crippen LogP) is 5.98. The molecule has 0 bridgehead atoms. The maximum absolute atomic E-state index is 12.4. The number of amides is 1. The molecule has 1 amide bonds. The minimum atomic E-state index is -0.202. The summed E-state index contributed by atoms with van der Waals surface area (Å²) in [5.41, 5.74) is 1.43. The Labute approximate surface area is 154 Å². The smallest absolute Gasteiger partial charge is 0.253 e. The van der Waals surface area contributed by atoms with Crippen molar-refractivity contribution in [3.05, 3.63) is 67.6 Å². The number of benzene rings is 2. The van der Waals surface area contributed by atoms with Gasteiger partial charge in [-0.05, 0) is 48.7 Å². The minimum absolute atomic E-state index is 0.0351. The average Bonchev–Trinajstić information content (AvgIpc) is 2.46. The molecule has 1 saturated carbocycles. The van der Waals surface area contributed by atoms with Gasteiger partial charge in [0, 0.05) is 27.0 Å². The number of carbonyl (C=O) groups is 1. The van der Waals surface area contributed by atoms with Gasteiger partial charge >= 0.3 is 0 Å². The third kappa shape index (κ3) is 3.61. The fourth-order valence-electron chi connectivity index (χ4n) is 2.77. The van der Waals surface area contributed by atoms with Crippen molar-refractivity contribution < 1.29 is 4.79 Å². The molecule has 0 radical (unpaired) electrons. The van der Waals surface area contributed by atoms with Crippen molar-refractivity contribution in [2.24, 2.45) is 0 Å². The van der Waals surface area contributed by atoms with Gasteiger partial charge in [-0.15, -0.1) is 0 Å². The number of hydrogen-bond donors (Lipinski definition) is 1. The highest BCUT2D eigenvalue weighted by Gasteiger charge is 2.34. The summed E-state index contributed by atoms with van der Waals surface area (Å²) in [6, 6.07) is 10.3. The van der Waals surface area contributed by atoms with Crippen LogP contribution in [0.25, 0.3) is 0 Å². The number of hydrogen-bond acceptors (Lipinski definition) is 1. The second kappa shape index (κ2) is 6.90. The van der Waals surface area contributed by atoms with E-state index in [2.05, 4.69) is 5.32 Å². The van der Waals surface area contributed by atoms with E-state index in [4.69, 9.17) is 46.4 Å². The molecular formula is C17H13Cl4NO. The third-order valence-corrected chi connectivity index (χ3v) is 5.24. The number of carbonyl (C=O) groups excluding carboxylic acids is 1. The van der Waals surface area contributed by atoms with Gasteiger partial charge in [0.1, 0.15) is 0 Å². The lowest BCUT2D eigenvalue weighted by Crippen LogP contribution is -2.45. The topological polar surface area (TPSA) is 29.1 Å². The van der Waals surface area contributed by atoms with E-state index >= 15 is 0 Å². The van der Waals surface area contributed by atoms with E-state index in [1.807, 2.05) is 12.1 Å². The molecular weight excluding hydrogens is 376 g/mol. The maximum Gasteiger partial charge on any atom is 0.253 e. The molecule has 1 fully saturated rings. The average molecular weight is 389 g/mol. The summed E-state index contributed by atoms with van der Waals surface area (Å²) in [5.74, 6) is -0.0127. The van der Waals surface area contributed by atoms with E-state index < -0.39 is 0 Å². The molecule has 0 spiro atoms. The lowest BCUT2D eigenvalue weighted by Gasteiger charge is -2.38. The molecule has 1 aliphatic rings. The van der Waals surface area contributed by atoms with Crippen LogP contribution in [0, 0.1) is 0 Å². The molecule has 2 atom stereocenters. The number of rotatable bonds is 3. The Balaban J connectivity index is 1.74. The van der Waals surface area contributed by atoms with Crippen molar-refractivity contribution in [2.45, 2.75) is 24.8 Å². The largest absolute Gasteiger partial charge is 0.349 e. The van der Waals surface area contributed by atoms with Crippen LogP contribution in [0.2, 0.25) is 20.1 Å². The Morgan fingerprint density at radius 1 is 0.913 bits per heavy atom. The zero-order valence-electron chi connectivity index (χ0n) is 12.0. The zero-order valence-corrected chi connectivity index (χ0v) is 15.0. The van der Waals surface area contributed by atoms with Crippen LogP contribution in [0.3, 0.4) is 0 Å². The standard InChI is InChI=1S/C17H13Cl4NO/c18-9-1-3-11(14(20)7-9)12-5-6-16(12)22-17(23)13-4-2-10(19)8-15(13)21/h1-4,7-8,12,16H,5-6H2,(H,22,23)/t12-,16-/m1/s1. The van der Waals surface area contributed by atoms with Gasteiger partial charge in [-0.2, -0.15) is 0 Å². The van der Waals surface area contributed by atoms with E-state index in [0.29, 0.717) is 25.7 Å². The van der Waals surface area contributed by atoms with Crippen LogP contribution in [-0.4, -0.2) is 11.9 Å². The lowest BCUT2D eigenvalue weighted by molar-refractivity contribution is 0.0905. The fourth-order valence-corrected chi connectivity index (χ4v) is 3.81. The molecule has 0 aromatic heterocycles. The molecule has 0 heterocycles. The molecule has 3 rings (SSSR count). The van der Waals surface area contributed by atoms with Crippen LogP contribution in [0.1, 0.15) is 34.7 Å². The van der Waals surface area contributed by atoms with Crippen molar-refractivity contribution >= 4 is 52.3 Å². The SMILES string of the molecule is O=C(N[C@@H]1CC[C@@H]1c1ccc(Cl)cc1Cl)c1ccc(Cl)cc1Cl. The van der Waals surface area contributed by atoms with Crippen molar-refractivity contribution in [2.75, 3.05) is 0 Å². The van der Waals surface area contributed by atoms with Gasteiger partial charge in [-0.3, -0.25) is 4.79 Å². The Morgan fingerprint density at radius 2 is 1.57 bits per heavy atom. The summed E-state index contributed by atoms with van der Waals surface area (Å²) in [5, 5.41) is 5.10. The highest BCUT2D eigenvalue weighted by Crippen LogP contribution is 2.41. The fraction of sp³-hybridized carbons (Fsp3) is 0.235. The molecule has 2 nitrogen and oxygen atoms in total. The van der Waals surface area contributed by atoms with Crippen molar-refractivity contribution in [3.8, 4) is 0 Å². The molecule has 0 unspecified atom stereocenters. The molecule has 1 aliphatic carbocycles. The van der Waals surface area contributed by atoms with Gasteiger partial charge in [0.2, 0.25) is 0 Å². The number of halogens is 4. The monoisotopic (exact) mass is 387 g/mol. The molecule has 0 saturated heterocycles. The van der Waals surface area contributed by atoms with Crippen molar-refractivity contribution in [1.82, 2.24) is 5.32 Å². The second-order valence-corrected chi connectivity index (χ2v) is 7.24. The van der Waals surface area contributed by atoms with E-state index in [0.717, 1.165) is 18.4 Å². The van der Waals surface area contributed by atoms with Crippen LogP contribution in [-0.2, 0) is 0 Å². The predicted molar refractivity (Wildman–Crippen MR) is 96.2 cm³/mol. The summed E-state index contributed by atoms with van der Waals surface area (Å²) < 4.78 is 0. The normalized spacial score (nSPS) is 20.0. The summed E-state index contributed by atoms with van der Waals surface area (Å²) >= 11 is 24.1. The van der Waals surface area contributed by atoms with Crippen LogP contribution in [0.4, 0.5) is 0 Å². The van der Waals surface area contributed by atoms with E-state index in [1.54, 1.807) is 24.3 Å². The Kier molecular flexibility index (Phi) is 5.07. The molecule has 0 aliphatic heterocycles. The first-order valence-corrected chi connectivity index (χ1v) is 8.68. The van der Waals surface area contributed by atoms with Crippen LogP contribution in [0.15, 0.2) is 36.4 Å². The summed E-state index contributed by atoms with van der Waals surface area (Å²) in [6.45, 7) is 0. The van der Waals surface area contributed by atoms with Gasteiger partial charge in [-0.1, -0.05) is 52.5 Å². The van der Waals surface area contributed by atoms with E-state index in [-0.39, 0.29) is 17.9 Å². The van der Waals surface area contributed by atoms with Gasteiger partial charge in [0.05, 0.1) is 10.6 Å². The highest BCUT2D eigenvalue weighted by atomic mass is 35.5. The molecule has 2 aromatic rings. The Morgan fingerprint density at radius 3 is 2.13 bits per heavy atom. The van der Waals surface area contributed by atoms with Crippen molar-refractivity contribution in [3.63, 3.8) is 0 Å². The van der Waals surface area contributed by atoms with Gasteiger partial charge in [0.15, 0.2) is 0 Å². The number of nitrogens with one attached hydrogen (secondary N) is 1. The van der Waals surface area contributed by atoms with E-state index in [9.17, 15) is 4.79 Å². The van der Waals surface area contributed by atoms with Crippen molar-refractivity contribution in [1.29, 1.82) is 0 Å². The Bertz CT molecular complexity index is 762. The summed E-state index contributed by atoms with van der Waals surface area (Å²) in [7, 11) is 0. The first-order chi connectivity index (χ1) is 11.0. The summed E-state index contributed by atoms with van der Waals surface area (Å²) in [4.78, 5) is 12.4. The molecule has 1 N–H and O–H groups in total. The van der Waals surface area contributed by atoms with Crippen LogP contribution in [0.5, 0.6) is 0 Å². The minimum Gasteiger partial charge on any atom is -0.349 e. The quantitative estimate of drug-likeness (QED) is 0.688. The first-order valence-electron chi connectivity index (χ1n) is 7.16. The van der Waals surface area contributed by atoms with Crippen LogP contribution >= 0.6 is 46.4 Å². The Hall–Kier alpha value is -0.930.